The number of aromatic carboxylic acids is 1. The van der Waals surface area contributed by atoms with Crippen molar-refractivity contribution in [2.24, 2.45) is 0 Å². The summed E-state index contributed by atoms with van der Waals surface area (Å²) in [5, 5.41) is 20.8. The van der Waals surface area contributed by atoms with E-state index < -0.39 is 5.97 Å². The van der Waals surface area contributed by atoms with Crippen LogP contribution in [0.1, 0.15) is 10.5 Å². The standard InChI is InChI=1S/C10H14N2O4/c1-16-6-7(5-13)12-8-3-2-4-11-9(8)10(14)15/h2-4,7,12-13H,5-6H2,1H3,(H,14,15). The first-order valence-electron chi connectivity index (χ1n) is 4.73. The highest BCUT2D eigenvalue weighted by Crippen LogP contribution is 2.13. The van der Waals surface area contributed by atoms with Crippen molar-refractivity contribution in [1.82, 2.24) is 4.98 Å². The Morgan fingerprint density at radius 3 is 3.00 bits per heavy atom. The second kappa shape index (κ2) is 6.04. The Morgan fingerprint density at radius 2 is 2.44 bits per heavy atom. The fourth-order valence-corrected chi connectivity index (χ4v) is 1.25. The van der Waals surface area contributed by atoms with E-state index in [0.717, 1.165) is 0 Å². The largest absolute Gasteiger partial charge is 0.476 e. The van der Waals surface area contributed by atoms with Crippen LogP contribution in [0.3, 0.4) is 0 Å². The number of aromatic nitrogens is 1. The fraction of sp³-hybridized carbons (Fsp3) is 0.400. The number of aliphatic hydroxyl groups is 1. The molecule has 1 heterocycles. The average Bonchev–Trinajstić information content (AvgIpc) is 2.29. The van der Waals surface area contributed by atoms with E-state index in [2.05, 4.69) is 10.3 Å². The van der Waals surface area contributed by atoms with Crippen molar-refractivity contribution in [3.05, 3.63) is 24.0 Å². The van der Waals surface area contributed by atoms with Gasteiger partial charge in [-0.25, -0.2) is 9.78 Å². The maximum absolute atomic E-state index is 10.9. The molecule has 1 unspecified atom stereocenters. The molecule has 0 aliphatic heterocycles. The van der Waals surface area contributed by atoms with Crippen molar-refractivity contribution < 1.29 is 19.7 Å². The molecule has 6 nitrogen and oxygen atoms in total. The molecular formula is C10H14N2O4. The summed E-state index contributed by atoms with van der Waals surface area (Å²) in [4.78, 5) is 14.6. The van der Waals surface area contributed by atoms with Gasteiger partial charge in [-0.2, -0.15) is 0 Å². The van der Waals surface area contributed by atoms with Gasteiger partial charge in [0.05, 0.1) is 24.9 Å². The van der Waals surface area contributed by atoms with Crippen molar-refractivity contribution in [3.63, 3.8) is 0 Å². The summed E-state index contributed by atoms with van der Waals surface area (Å²) in [5.41, 5.74) is 0.295. The molecule has 0 saturated carbocycles. The highest BCUT2D eigenvalue weighted by molar-refractivity contribution is 5.91. The molecule has 0 bridgehead atoms. The molecule has 0 fully saturated rings. The van der Waals surface area contributed by atoms with E-state index in [1.807, 2.05) is 0 Å². The van der Waals surface area contributed by atoms with Crippen LogP contribution in [0.15, 0.2) is 18.3 Å². The van der Waals surface area contributed by atoms with Crippen LogP contribution in [0.2, 0.25) is 0 Å². The van der Waals surface area contributed by atoms with Gasteiger partial charge in [0.25, 0.3) is 0 Å². The summed E-state index contributed by atoms with van der Waals surface area (Å²) in [5.74, 6) is -1.11. The second-order valence-electron chi connectivity index (χ2n) is 3.18. The molecule has 1 rings (SSSR count). The van der Waals surface area contributed by atoms with Crippen molar-refractivity contribution >= 4 is 11.7 Å². The number of nitrogens with one attached hydrogen (secondary N) is 1. The van der Waals surface area contributed by atoms with E-state index in [1.165, 1.54) is 13.3 Å². The van der Waals surface area contributed by atoms with Gasteiger partial charge in [0.2, 0.25) is 0 Å². The number of nitrogens with zero attached hydrogens (tertiary/aromatic N) is 1. The maximum Gasteiger partial charge on any atom is 0.356 e. The lowest BCUT2D eigenvalue weighted by molar-refractivity contribution is 0.0691. The van der Waals surface area contributed by atoms with Crippen LogP contribution in [0, 0.1) is 0 Å². The fourth-order valence-electron chi connectivity index (χ4n) is 1.25. The summed E-state index contributed by atoms with van der Waals surface area (Å²) in [6.07, 6.45) is 1.40. The van der Waals surface area contributed by atoms with E-state index >= 15 is 0 Å². The number of carboxylic acids is 1. The van der Waals surface area contributed by atoms with Crippen molar-refractivity contribution in [2.75, 3.05) is 25.6 Å². The molecule has 6 heteroatoms. The predicted octanol–water partition coefficient (Wildman–Crippen LogP) is 0.199. The predicted molar refractivity (Wildman–Crippen MR) is 57.6 cm³/mol. The van der Waals surface area contributed by atoms with Crippen LogP contribution >= 0.6 is 0 Å². The molecule has 0 aromatic carbocycles. The number of methoxy groups -OCH3 is 1. The Bertz CT molecular complexity index is 356. The van der Waals surface area contributed by atoms with Crippen molar-refractivity contribution in [1.29, 1.82) is 0 Å². The first kappa shape index (κ1) is 12.4. The lowest BCUT2D eigenvalue weighted by Crippen LogP contribution is -2.29. The smallest absolute Gasteiger partial charge is 0.356 e. The maximum atomic E-state index is 10.9. The lowest BCUT2D eigenvalue weighted by atomic mass is 10.2. The first-order chi connectivity index (χ1) is 7.69. The third-order valence-electron chi connectivity index (χ3n) is 1.96. The van der Waals surface area contributed by atoms with Crippen LogP contribution in [0.5, 0.6) is 0 Å². The number of anilines is 1. The van der Waals surface area contributed by atoms with Gasteiger partial charge in [0.1, 0.15) is 0 Å². The Balaban J connectivity index is 2.82. The van der Waals surface area contributed by atoms with Gasteiger partial charge < -0.3 is 20.3 Å². The van der Waals surface area contributed by atoms with Gasteiger partial charge in [0, 0.05) is 13.3 Å². The van der Waals surface area contributed by atoms with E-state index in [0.29, 0.717) is 5.69 Å². The highest BCUT2D eigenvalue weighted by Gasteiger charge is 2.14. The Labute approximate surface area is 92.9 Å². The monoisotopic (exact) mass is 226 g/mol. The molecule has 1 atom stereocenters. The number of carboxylic acid groups (broad SMARTS) is 1. The number of rotatable bonds is 6. The van der Waals surface area contributed by atoms with Crippen LogP contribution in [0.25, 0.3) is 0 Å². The van der Waals surface area contributed by atoms with Gasteiger partial charge in [-0.15, -0.1) is 0 Å². The van der Waals surface area contributed by atoms with Gasteiger partial charge in [0.15, 0.2) is 5.69 Å². The van der Waals surface area contributed by atoms with Gasteiger partial charge >= 0.3 is 5.97 Å². The number of ether oxygens (including phenoxy) is 1. The summed E-state index contributed by atoms with van der Waals surface area (Å²) in [6, 6.07) is 2.86. The molecule has 16 heavy (non-hydrogen) atoms. The average molecular weight is 226 g/mol. The van der Waals surface area contributed by atoms with Crippen LogP contribution in [0.4, 0.5) is 5.69 Å². The zero-order valence-corrected chi connectivity index (χ0v) is 8.88. The second-order valence-corrected chi connectivity index (χ2v) is 3.18. The topological polar surface area (TPSA) is 91.7 Å². The minimum absolute atomic E-state index is 0.0722. The molecule has 0 aliphatic rings. The minimum Gasteiger partial charge on any atom is -0.476 e. The normalized spacial score (nSPS) is 12.1. The quantitative estimate of drug-likeness (QED) is 0.641. The van der Waals surface area contributed by atoms with Crippen LogP contribution < -0.4 is 5.32 Å². The molecule has 0 radical (unpaired) electrons. The lowest BCUT2D eigenvalue weighted by Gasteiger charge is -2.17. The minimum atomic E-state index is -1.11. The molecule has 1 aromatic heterocycles. The van der Waals surface area contributed by atoms with Gasteiger partial charge in [-0.1, -0.05) is 0 Å². The summed E-state index contributed by atoms with van der Waals surface area (Å²) in [7, 11) is 1.51. The summed E-state index contributed by atoms with van der Waals surface area (Å²) >= 11 is 0. The summed E-state index contributed by atoms with van der Waals surface area (Å²) < 4.78 is 4.88. The van der Waals surface area contributed by atoms with Gasteiger partial charge in [-0.3, -0.25) is 0 Å². The van der Waals surface area contributed by atoms with Crippen LogP contribution in [-0.4, -0.2) is 47.5 Å². The van der Waals surface area contributed by atoms with E-state index in [9.17, 15) is 4.79 Å². The number of hydrogen-bond acceptors (Lipinski definition) is 5. The molecule has 0 aliphatic carbocycles. The Morgan fingerprint density at radius 1 is 1.69 bits per heavy atom. The highest BCUT2D eigenvalue weighted by atomic mass is 16.5. The third kappa shape index (κ3) is 3.18. The molecule has 0 amide bonds. The Kier molecular flexibility index (Phi) is 4.68. The molecule has 0 spiro atoms. The van der Waals surface area contributed by atoms with Gasteiger partial charge in [-0.05, 0) is 12.1 Å². The van der Waals surface area contributed by atoms with E-state index in [4.69, 9.17) is 14.9 Å². The molecule has 0 saturated heterocycles. The number of pyridine rings is 1. The zero-order valence-electron chi connectivity index (χ0n) is 8.88. The number of carbonyl (C=O) groups is 1. The first-order valence-corrected chi connectivity index (χ1v) is 4.73. The molecule has 3 N–H and O–H groups in total. The van der Waals surface area contributed by atoms with E-state index in [1.54, 1.807) is 12.1 Å². The van der Waals surface area contributed by atoms with E-state index in [-0.39, 0.29) is 24.9 Å². The molecular weight excluding hydrogens is 212 g/mol. The Hall–Kier alpha value is -1.66. The van der Waals surface area contributed by atoms with Crippen molar-refractivity contribution in [2.45, 2.75) is 6.04 Å². The SMILES string of the molecule is COCC(CO)Nc1cccnc1C(=O)O. The third-order valence-corrected chi connectivity index (χ3v) is 1.96. The molecule has 1 aromatic rings. The summed E-state index contributed by atoms with van der Waals surface area (Å²) in [6.45, 7) is 0.131. The zero-order chi connectivity index (χ0) is 12.0. The van der Waals surface area contributed by atoms with Crippen molar-refractivity contribution in [3.8, 4) is 0 Å². The number of hydrogen-bond donors (Lipinski definition) is 3. The number of aliphatic hydroxyl groups excluding tert-OH is 1. The molecule has 88 valence electrons. The van der Waals surface area contributed by atoms with Crippen LogP contribution in [-0.2, 0) is 4.74 Å².